The minimum absolute atomic E-state index is 0.210. The molecule has 0 aliphatic heterocycles. The molecule has 0 bridgehead atoms. The van der Waals surface area contributed by atoms with Gasteiger partial charge >= 0.3 is 0 Å². The molecule has 40 heavy (non-hydrogen) atoms. The van der Waals surface area contributed by atoms with Gasteiger partial charge in [0.2, 0.25) is 5.12 Å². The molecule has 1 aromatic rings. The Morgan fingerprint density at radius 2 is 1.77 bits per heavy atom. The number of thioether (sulfide) groups is 1. The van der Waals surface area contributed by atoms with Crippen molar-refractivity contribution in [2.24, 2.45) is 46.3 Å². The third-order valence-electron chi connectivity index (χ3n) is 12.2. The van der Waals surface area contributed by atoms with E-state index in [0.29, 0.717) is 16.1 Å². The Hall–Kier alpha value is -1.22. The monoisotopic (exact) mass is 564 g/mol. The van der Waals surface area contributed by atoms with Gasteiger partial charge in [-0.05, 0) is 116 Å². The van der Waals surface area contributed by atoms with Crippen molar-refractivity contribution in [3.05, 3.63) is 42.0 Å². The zero-order chi connectivity index (χ0) is 28.5. The van der Waals surface area contributed by atoms with E-state index in [1.165, 1.54) is 57.8 Å². The van der Waals surface area contributed by atoms with Crippen LogP contribution in [0.15, 0.2) is 42.0 Å². The maximum atomic E-state index is 13.3. The van der Waals surface area contributed by atoms with Crippen LogP contribution >= 0.6 is 11.8 Å². The topological polar surface area (TPSA) is 26.3 Å². The smallest absolute Gasteiger partial charge is 0.229 e. The first-order chi connectivity index (χ1) is 19.2. The summed E-state index contributed by atoms with van der Waals surface area (Å²) in [6, 6.07) is 9.83. The Morgan fingerprint density at radius 1 is 1.00 bits per heavy atom. The van der Waals surface area contributed by atoms with Gasteiger partial charge in [-0.2, -0.15) is 0 Å². The van der Waals surface area contributed by atoms with Crippen molar-refractivity contribution in [1.82, 2.24) is 0 Å². The zero-order valence-corrected chi connectivity index (χ0v) is 27.1. The molecule has 0 heterocycles. The van der Waals surface area contributed by atoms with Crippen LogP contribution in [0.5, 0.6) is 5.75 Å². The molecule has 0 amide bonds. The highest BCUT2D eigenvalue weighted by atomic mass is 32.2. The third-order valence-corrected chi connectivity index (χ3v) is 13.4. The Bertz CT molecular complexity index is 1030. The van der Waals surface area contributed by atoms with E-state index in [1.54, 1.807) is 17.3 Å². The Kier molecular flexibility index (Phi) is 9.50. The van der Waals surface area contributed by atoms with Crippen LogP contribution in [0.25, 0.3) is 0 Å². The van der Waals surface area contributed by atoms with Crippen LogP contribution in [0.4, 0.5) is 0 Å². The Labute approximate surface area is 249 Å². The van der Waals surface area contributed by atoms with Crippen molar-refractivity contribution in [3.8, 4) is 5.75 Å². The summed E-state index contributed by atoms with van der Waals surface area (Å²) in [5.41, 5.74) is 2.58. The summed E-state index contributed by atoms with van der Waals surface area (Å²) < 4.78 is 6.09. The van der Waals surface area contributed by atoms with Gasteiger partial charge in [0.15, 0.2) is 6.10 Å². The van der Waals surface area contributed by atoms with Crippen molar-refractivity contribution >= 4 is 16.9 Å². The Morgan fingerprint density at radius 3 is 2.50 bits per heavy atom. The van der Waals surface area contributed by atoms with E-state index in [-0.39, 0.29) is 11.2 Å². The molecular formula is C37H56O2S. The number of hydrogen-bond donors (Lipinski definition) is 0. The largest absolute Gasteiger partial charge is 0.482 e. The summed E-state index contributed by atoms with van der Waals surface area (Å²) in [5.74, 6) is 6.05. The standard InChI is InChI=1S/C37H56O2S/c1-7-34(39-28-14-9-8-10-15-28)35(38)40-29-20-22-36(5)27(24-29)16-17-30-32-19-18-31(26(4)13-11-12-25(2)3)37(32,6)23-21-33(30)36/h8-10,14-16,25-26,29-34H,7,11-13,17-24H2,1-6H3/t26-,29+,30-,31+,32+,33+,34-,36+,37-/m0/s1. The Balaban J connectivity index is 1.22. The van der Waals surface area contributed by atoms with Gasteiger partial charge in [-0.15, -0.1) is 0 Å². The minimum atomic E-state index is -0.357. The fourth-order valence-electron chi connectivity index (χ4n) is 9.95. The summed E-state index contributed by atoms with van der Waals surface area (Å²) in [7, 11) is 0. The fourth-order valence-corrected chi connectivity index (χ4v) is 11.1. The van der Waals surface area contributed by atoms with Crippen molar-refractivity contribution in [1.29, 1.82) is 0 Å². The maximum absolute atomic E-state index is 13.3. The molecule has 3 saturated carbocycles. The van der Waals surface area contributed by atoms with Gasteiger partial charge in [-0.3, -0.25) is 4.79 Å². The van der Waals surface area contributed by atoms with Gasteiger partial charge in [-0.1, -0.05) is 102 Å². The first-order valence-corrected chi connectivity index (χ1v) is 17.6. The summed E-state index contributed by atoms with van der Waals surface area (Å²) in [6.07, 6.45) is 17.8. The summed E-state index contributed by atoms with van der Waals surface area (Å²) >= 11 is 1.58. The summed E-state index contributed by atoms with van der Waals surface area (Å²) in [6.45, 7) is 14.7. The van der Waals surface area contributed by atoms with Crippen molar-refractivity contribution in [2.45, 2.75) is 130 Å². The quantitative estimate of drug-likeness (QED) is 0.264. The average molecular weight is 565 g/mol. The van der Waals surface area contributed by atoms with Gasteiger partial charge in [0.1, 0.15) is 5.75 Å². The highest BCUT2D eigenvalue weighted by molar-refractivity contribution is 8.14. The average Bonchev–Trinajstić information content (AvgIpc) is 3.29. The van der Waals surface area contributed by atoms with Crippen LogP contribution < -0.4 is 4.74 Å². The van der Waals surface area contributed by atoms with Crippen LogP contribution in [-0.4, -0.2) is 16.5 Å². The number of ether oxygens (including phenoxy) is 1. The van der Waals surface area contributed by atoms with Crippen LogP contribution in [0.3, 0.4) is 0 Å². The van der Waals surface area contributed by atoms with E-state index in [9.17, 15) is 4.79 Å². The number of rotatable bonds is 10. The SMILES string of the molecule is CC[C@H](Oc1ccccc1)C(=O)S[C@@H]1CC[C@]2(C)C(=CC[C@H]3[C@H]4CC[C@H]([C@@H](C)CCCC(C)C)[C@]4(C)CC[C@H]32)C1. The zero-order valence-electron chi connectivity index (χ0n) is 26.3. The predicted molar refractivity (Wildman–Crippen MR) is 171 cm³/mol. The second-order valence-corrected chi connectivity index (χ2v) is 16.2. The van der Waals surface area contributed by atoms with Crippen LogP contribution in [0.2, 0.25) is 0 Å². The van der Waals surface area contributed by atoms with E-state index in [4.69, 9.17) is 4.74 Å². The summed E-state index contributed by atoms with van der Waals surface area (Å²) in [5, 5.41) is 0.607. The first kappa shape index (κ1) is 30.2. The molecule has 4 aliphatic rings. The number of hydrogen-bond acceptors (Lipinski definition) is 3. The molecule has 222 valence electrons. The molecule has 3 fully saturated rings. The number of carbonyl (C=O) groups is 1. The molecule has 3 heteroatoms. The molecule has 0 radical (unpaired) electrons. The van der Waals surface area contributed by atoms with Crippen molar-refractivity contribution < 1.29 is 9.53 Å². The highest BCUT2D eigenvalue weighted by Gasteiger charge is 2.59. The number of benzene rings is 1. The molecule has 9 atom stereocenters. The number of carbonyl (C=O) groups excluding carboxylic acids is 1. The molecule has 0 N–H and O–H groups in total. The summed E-state index contributed by atoms with van der Waals surface area (Å²) in [4.78, 5) is 13.3. The second-order valence-electron chi connectivity index (χ2n) is 14.9. The highest BCUT2D eigenvalue weighted by Crippen LogP contribution is 2.67. The van der Waals surface area contributed by atoms with Gasteiger partial charge < -0.3 is 4.74 Å². The molecule has 0 saturated heterocycles. The van der Waals surface area contributed by atoms with E-state index in [2.05, 4.69) is 47.6 Å². The number of para-hydroxylation sites is 1. The van der Waals surface area contributed by atoms with E-state index < -0.39 is 0 Å². The lowest BCUT2D eigenvalue weighted by Crippen LogP contribution is -2.50. The van der Waals surface area contributed by atoms with Gasteiger partial charge in [0.05, 0.1) is 0 Å². The maximum Gasteiger partial charge on any atom is 0.229 e. The van der Waals surface area contributed by atoms with Gasteiger partial charge in [-0.25, -0.2) is 0 Å². The molecule has 0 unspecified atom stereocenters. The fraction of sp³-hybridized carbons (Fsp3) is 0.757. The van der Waals surface area contributed by atoms with Crippen LogP contribution in [0, 0.1) is 46.3 Å². The lowest BCUT2D eigenvalue weighted by Gasteiger charge is -2.58. The molecule has 1 aromatic carbocycles. The second kappa shape index (κ2) is 12.6. The van der Waals surface area contributed by atoms with E-state index in [1.807, 2.05) is 30.3 Å². The number of fused-ring (bicyclic) bond motifs is 5. The lowest BCUT2D eigenvalue weighted by atomic mass is 9.47. The normalized spacial score (nSPS) is 36.7. The van der Waals surface area contributed by atoms with Crippen LogP contribution in [-0.2, 0) is 4.79 Å². The van der Waals surface area contributed by atoms with Crippen molar-refractivity contribution in [2.75, 3.05) is 0 Å². The van der Waals surface area contributed by atoms with E-state index in [0.717, 1.165) is 60.5 Å². The molecule has 0 aromatic heterocycles. The molecule has 5 rings (SSSR count). The molecule has 0 spiro atoms. The minimum Gasteiger partial charge on any atom is -0.482 e. The lowest BCUT2D eigenvalue weighted by molar-refractivity contribution is -0.117. The van der Waals surface area contributed by atoms with Gasteiger partial charge in [0, 0.05) is 5.25 Å². The molecular weight excluding hydrogens is 508 g/mol. The molecule has 2 nitrogen and oxygen atoms in total. The van der Waals surface area contributed by atoms with Crippen molar-refractivity contribution in [3.63, 3.8) is 0 Å². The molecule has 4 aliphatic carbocycles. The van der Waals surface area contributed by atoms with Gasteiger partial charge in [0.25, 0.3) is 0 Å². The number of allylic oxidation sites excluding steroid dienone is 2. The first-order valence-electron chi connectivity index (χ1n) is 16.8. The third kappa shape index (κ3) is 5.97. The predicted octanol–water partition coefficient (Wildman–Crippen LogP) is 10.5. The van der Waals surface area contributed by atoms with E-state index >= 15 is 0 Å². The van der Waals surface area contributed by atoms with Crippen LogP contribution in [0.1, 0.15) is 119 Å².